The number of benzene rings is 1. The topological polar surface area (TPSA) is 100 Å². The summed E-state index contributed by atoms with van der Waals surface area (Å²) in [5.74, 6) is -0.00472. The molecule has 1 fully saturated rings. The lowest BCUT2D eigenvalue weighted by Gasteiger charge is -2.13. The van der Waals surface area contributed by atoms with Crippen LogP contribution in [0.3, 0.4) is 0 Å². The Morgan fingerprint density at radius 1 is 1.00 bits per heavy atom. The van der Waals surface area contributed by atoms with Crippen LogP contribution in [0.4, 0.5) is 5.82 Å². The van der Waals surface area contributed by atoms with Crippen molar-refractivity contribution in [3.8, 4) is 11.4 Å². The van der Waals surface area contributed by atoms with Crippen LogP contribution in [0.15, 0.2) is 41.2 Å². The fourth-order valence-electron chi connectivity index (χ4n) is 2.58. The van der Waals surface area contributed by atoms with E-state index in [1.807, 2.05) is 30.3 Å². The molecule has 8 nitrogen and oxygen atoms in total. The van der Waals surface area contributed by atoms with Crippen molar-refractivity contribution in [1.82, 2.24) is 19.6 Å². The number of hydrogen-bond acceptors (Lipinski definition) is 5. The first-order valence-electron chi connectivity index (χ1n) is 7.05. The van der Waals surface area contributed by atoms with E-state index in [0.717, 1.165) is 10.5 Å². The highest BCUT2D eigenvalue weighted by Crippen LogP contribution is 2.23. The van der Waals surface area contributed by atoms with Crippen LogP contribution in [0.5, 0.6) is 0 Å². The summed E-state index contributed by atoms with van der Waals surface area (Å²) in [6.07, 6.45) is 0.265. The van der Waals surface area contributed by atoms with Crippen molar-refractivity contribution in [3.05, 3.63) is 46.8 Å². The second-order valence-corrected chi connectivity index (χ2v) is 5.15. The molecule has 0 radical (unpaired) electrons. The number of rotatable bonds is 2. The first kappa shape index (κ1) is 13.4. The van der Waals surface area contributed by atoms with Crippen molar-refractivity contribution in [2.75, 3.05) is 4.90 Å². The number of carbonyl (C=O) groups is 2. The fraction of sp³-hybridized carbons (Fsp3) is 0.133. The van der Waals surface area contributed by atoms with Crippen molar-refractivity contribution in [2.24, 2.45) is 0 Å². The molecule has 1 aromatic carbocycles. The number of hydrogen-bond donors (Lipinski definition) is 1. The Hall–Kier alpha value is -3.29. The van der Waals surface area contributed by atoms with E-state index in [1.165, 1.54) is 10.6 Å². The second kappa shape index (κ2) is 4.87. The predicted molar refractivity (Wildman–Crippen MR) is 80.8 cm³/mol. The Kier molecular flexibility index (Phi) is 2.83. The minimum absolute atomic E-state index is 0.117. The van der Waals surface area contributed by atoms with Crippen LogP contribution in [-0.2, 0) is 9.59 Å². The van der Waals surface area contributed by atoms with E-state index in [0.29, 0.717) is 5.82 Å². The van der Waals surface area contributed by atoms with Crippen LogP contribution in [0.1, 0.15) is 12.8 Å². The first-order valence-corrected chi connectivity index (χ1v) is 7.05. The van der Waals surface area contributed by atoms with Crippen LogP contribution in [-0.4, -0.2) is 31.4 Å². The van der Waals surface area contributed by atoms with E-state index in [-0.39, 0.29) is 36.3 Å². The largest absolute Gasteiger partial charge is 0.291 e. The number of amides is 2. The monoisotopic (exact) mass is 309 g/mol. The van der Waals surface area contributed by atoms with Crippen LogP contribution in [0.2, 0.25) is 0 Å². The molecule has 0 aliphatic carbocycles. The lowest BCUT2D eigenvalue weighted by atomic mass is 10.2. The number of fused-ring (bicyclic) bond motifs is 1. The highest BCUT2D eigenvalue weighted by molar-refractivity contribution is 6.19. The van der Waals surface area contributed by atoms with Crippen molar-refractivity contribution in [1.29, 1.82) is 0 Å². The highest BCUT2D eigenvalue weighted by atomic mass is 16.2. The molecule has 2 aromatic heterocycles. The third-order valence-electron chi connectivity index (χ3n) is 3.63. The number of aromatic amines is 1. The standard InChI is InChI=1S/C15H11N5O3/c21-10-8-11(19-12(22)6-7-13(19)23)20-15(16-10)17-14(18-20)9-4-2-1-3-5-9/h1-5,8H,6-7H2,(H,16,17,18,21). The molecule has 0 saturated carbocycles. The van der Waals surface area contributed by atoms with Crippen LogP contribution in [0.25, 0.3) is 17.2 Å². The number of nitrogens with one attached hydrogen (secondary N) is 1. The zero-order valence-corrected chi connectivity index (χ0v) is 11.9. The lowest BCUT2D eigenvalue weighted by Crippen LogP contribution is -2.32. The fourth-order valence-corrected chi connectivity index (χ4v) is 2.58. The van der Waals surface area contributed by atoms with Gasteiger partial charge in [-0.1, -0.05) is 30.3 Å². The maximum Gasteiger partial charge on any atom is 0.254 e. The van der Waals surface area contributed by atoms with Gasteiger partial charge >= 0.3 is 0 Å². The van der Waals surface area contributed by atoms with E-state index in [1.54, 1.807) is 0 Å². The summed E-state index contributed by atoms with van der Waals surface area (Å²) >= 11 is 0. The van der Waals surface area contributed by atoms with Gasteiger partial charge in [0.1, 0.15) is 0 Å². The van der Waals surface area contributed by atoms with Gasteiger partial charge in [-0.3, -0.25) is 19.4 Å². The minimum atomic E-state index is -0.452. The molecule has 1 aliphatic rings. The molecule has 2 amide bonds. The summed E-state index contributed by atoms with van der Waals surface area (Å²) in [5.41, 5.74) is 0.314. The van der Waals surface area contributed by atoms with Gasteiger partial charge in [0.05, 0.1) is 0 Å². The number of aromatic nitrogens is 4. The molecule has 23 heavy (non-hydrogen) atoms. The summed E-state index contributed by atoms with van der Waals surface area (Å²) in [6, 6.07) is 10.4. The lowest BCUT2D eigenvalue weighted by molar-refractivity contribution is -0.121. The summed E-state index contributed by atoms with van der Waals surface area (Å²) in [4.78, 5) is 43.6. The highest BCUT2D eigenvalue weighted by Gasteiger charge is 2.33. The Bertz CT molecular complexity index is 973. The molecule has 3 heterocycles. The molecule has 0 unspecified atom stereocenters. The van der Waals surface area contributed by atoms with Gasteiger partial charge in [-0.15, -0.1) is 5.10 Å². The van der Waals surface area contributed by atoms with Crippen molar-refractivity contribution >= 4 is 23.4 Å². The van der Waals surface area contributed by atoms with Gasteiger partial charge in [-0.25, -0.2) is 4.90 Å². The number of carbonyl (C=O) groups excluding carboxylic acids is 2. The molecule has 0 bridgehead atoms. The SMILES string of the molecule is O=C1CCC(=O)N1c1cc(=O)[nH]c2nc(-c3ccccc3)nn12. The molecule has 0 atom stereocenters. The Labute approximate surface area is 129 Å². The predicted octanol–water partition coefficient (Wildman–Crippen LogP) is 0.738. The van der Waals surface area contributed by atoms with Crippen molar-refractivity contribution < 1.29 is 9.59 Å². The third kappa shape index (κ3) is 2.11. The van der Waals surface area contributed by atoms with Gasteiger partial charge < -0.3 is 0 Å². The normalized spacial score (nSPS) is 14.9. The molecule has 114 valence electrons. The zero-order valence-electron chi connectivity index (χ0n) is 11.9. The summed E-state index contributed by atoms with van der Waals surface area (Å²) in [5, 5.41) is 4.33. The number of nitrogens with zero attached hydrogens (tertiary/aromatic N) is 4. The molecule has 0 spiro atoms. The summed E-state index contributed by atoms with van der Waals surface area (Å²) in [7, 11) is 0. The molecule has 1 N–H and O–H groups in total. The number of anilines is 1. The smallest absolute Gasteiger partial charge is 0.254 e. The Balaban J connectivity index is 1.95. The Morgan fingerprint density at radius 3 is 2.39 bits per heavy atom. The van der Waals surface area contributed by atoms with Crippen molar-refractivity contribution in [3.63, 3.8) is 0 Å². The Morgan fingerprint density at radius 2 is 1.70 bits per heavy atom. The van der Waals surface area contributed by atoms with Crippen LogP contribution >= 0.6 is 0 Å². The maximum atomic E-state index is 11.9. The average Bonchev–Trinajstić information content (AvgIpc) is 3.11. The van der Waals surface area contributed by atoms with Gasteiger partial charge in [-0.05, 0) is 0 Å². The summed E-state index contributed by atoms with van der Waals surface area (Å²) in [6.45, 7) is 0. The van der Waals surface area contributed by atoms with E-state index in [9.17, 15) is 14.4 Å². The zero-order chi connectivity index (χ0) is 16.0. The van der Waals surface area contributed by atoms with Gasteiger partial charge in [0, 0.05) is 24.5 Å². The van der Waals surface area contributed by atoms with Crippen LogP contribution in [0, 0.1) is 0 Å². The van der Waals surface area contributed by atoms with Gasteiger partial charge in [-0.2, -0.15) is 9.50 Å². The van der Waals surface area contributed by atoms with Gasteiger partial charge in [0.15, 0.2) is 11.6 Å². The van der Waals surface area contributed by atoms with E-state index >= 15 is 0 Å². The first-order chi connectivity index (χ1) is 11.1. The van der Waals surface area contributed by atoms with E-state index in [2.05, 4.69) is 15.1 Å². The molecular weight excluding hydrogens is 298 g/mol. The molecule has 4 rings (SSSR count). The number of H-pyrrole nitrogens is 1. The quantitative estimate of drug-likeness (QED) is 0.704. The summed E-state index contributed by atoms with van der Waals surface area (Å²) < 4.78 is 1.31. The van der Waals surface area contributed by atoms with E-state index < -0.39 is 5.56 Å². The molecule has 1 saturated heterocycles. The average molecular weight is 309 g/mol. The molecular formula is C15H11N5O3. The van der Waals surface area contributed by atoms with Gasteiger partial charge in [0.2, 0.25) is 17.6 Å². The molecule has 3 aromatic rings. The molecule has 1 aliphatic heterocycles. The third-order valence-corrected chi connectivity index (χ3v) is 3.63. The molecule has 8 heteroatoms. The van der Waals surface area contributed by atoms with Crippen LogP contribution < -0.4 is 10.5 Å². The maximum absolute atomic E-state index is 11.9. The van der Waals surface area contributed by atoms with Gasteiger partial charge in [0.25, 0.3) is 5.56 Å². The van der Waals surface area contributed by atoms with Crippen molar-refractivity contribution in [2.45, 2.75) is 12.8 Å². The van der Waals surface area contributed by atoms with E-state index in [4.69, 9.17) is 0 Å². The second-order valence-electron chi connectivity index (χ2n) is 5.15. The minimum Gasteiger partial charge on any atom is -0.291 e. The number of imide groups is 1.